The Bertz CT molecular complexity index is 552. The second kappa shape index (κ2) is 5.86. The van der Waals surface area contributed by atoms with Gasteiger partial charge in [-0.3, -0.25) is 9.04 Å². The molecule has 0 fully saturated rings. The highest BCUT2D eigenvalue weighted by molar-refractivity contribution is 7.86. The van der Waals surface area contributed by atoms with Gasteiger partial charge in [-0.15, -0.1) is 0 Å². The molecule has 0 heterocycles. The molecule has 0 spiro atoms. The van der Waals surface area contributed by atoms with Gasteiger partial charge in [0.25, 0.3) is 10.1 Å². The fourth-order valence-electron chi connectivity index (χ4n) is 2.56. The Hall–Kier alpha value is -1.17. The van der Waals surface area contributed by atoms with E-state index in [4.69, 9.17) is 0 Å². The van der Waals surface area contributed by atoms with Crippen molar-refractivity contribution in [3.8, 4) is 0 Å². The Morgan fingerprint density at radius 2 is 1.74 bits per heavy atom. The fraction of sp³-hybridized carbons (Fsp3) is 0.429. The number of benzene rings is 1. The molecule has 0 aliphatic carbocycles. The monoisotopic (exact) mass is 284 g/mol. The first kappa shape index (κ1) is 15.9. The molecule has 4 nitrogen and oxygen atoms in total. The predicted octanol–water partition coefficient (Wildman–Crippen LogP) is 2.94. The van der Waals surface area contributed by atoms with Crippen LogP contribution in [0.15, 0.2) is 29.7 Å². The van der Waals surface area contributed by atoms with Crippen LogP contribution in [-0.2, 0) is 10.1 Å². The van der Waals surface area contributed by atoms with Crippen molar-refractivity contribution in [2.24, 2.45) is 0 Å². The number of rotatable bonds is 6. The summed E-state index contributed by atoms with van der Waals surface area (Å²) in [5, 5.41) is 0. The second-order valence-electron chi connectivity index (χ2n) is 4.47. The fourth-order valence-corrected chi connectivity index (χ4v) is 3.37. The van der Waals surface area contributed by atoms with Crippen LogP contribution in [0.4, 0.5) is 5.69 Å². The van der Waals surface area contributed by atoms with Gasteiger partial charge in [0.1, 0.15) is 0 Å². The van der Waals surface area contributed by atoms with Crippen molar-refractivity contribution in [2.45, 2.75) is 25.7 Å². The van der Waals surface area contributed by atoms with Gasteiger partial charge in [0.2, 0.25) is 0 Å². The molecule has 0 bridgehead atoms. The lowest BCUT2D eigenvalue weighted by molar-refractivity contribution is 0.309. The summed E-state index contributed by atoms with van der Waals surface area (Å²) in [4.78, 5) is -0.0181. The zero-order valence-electron chi connectivity index (χ0n) is 11.8. The first-order chi connectivity index (χ1) is 8.86. The number of hydrogen-bond donors (Lipinski definition) is 1. The zero-order chi connectivity index (χ0) is 14.7. The number of quaternary nitrogens is 1. The molecule has 1 aromatic rings. The third-order valence-corrected chi connectivity index (χ3v) is 4.70. The van der Waals surface area contributed by atoms with Crippen molar-refractivity contribution >= 4 is 21.9 Å². The summed E-state index contributed by atoms with van der Waals surface area (Å²) in [7, 11) is -4.24. The minimum Gasteiger partial charge on any atom is -0.290 e. The van der Waals surface area contributed by atoms with Crippen LogP contribution in [0.2, 0.25) is 0 Å². The summed E-state index contributed by atoms with van der Waals surface area (Å²) >= 11 is 0. The first-order valence-electron chi connectivity index (χ1n) is 6.45. The molecule has 1 rings (SSSR count). The summed E-state index contributed by atoms with van der Waals surface area (Å²) in [6.07, 6.45) is 1.64. The van der Waals surface area contributed by atoms with Gasteiger partial charge >= 0.3 is 0 Å². The second-order valence-corrected chi connectivity index (χ2v) is 5.86. The van der Waals surface area contributed by atoms with E-state index in [0.717, 1.165) is 25.2 Å². The third-order valence-electron chi connectivity index (χ3n) is 3.82. The Balaban J connectivity index is 3.77. The lowest BCUT2D eigenvalue weighted by atomic mass is 10.1. The van der Waals surface area contributed by atoms with Crippen LogP contribution in [0.3, 0.4) is 0 Å². The van der Waals surface area contributed by atoms with Crippen molar-refractivity contribution in [3.63, 3.8) is 0 Å². The van der Waals surface area contributed by atoms with E-state index in [1.165, 1.54) is 6.07 Å². The van der Waals surface area contributed by atoms with Gasteiger partial charge in [-0.05, 0) is 32.9 Å². The molecular formula is C14H22NO3S+. The molecule has 0 saturated carbocycles. The lowest BCUT2D eigenvalue weighted by Gasteiger charge is -2.37. The van der Waals surface area contributed by atoms with Crippen molar-refractivity contribution in [1.82, 2.24) is 4.48 Å². The van der Waals surface area contributed by atoms with Gasteiger partial charge < -0.3 is 0 Å². The highest BCUT2D eigenvalue weighted by Crippen LogP contribution is 2.35. The van der Waals surface area contributed by atoms with E-state index in [2.05, 4.69) is 6.58 Å². The van der Waals surface area contributed by atoms with Gasteiger partial charge in [0.15, 0.2) is 10.6 Å². The summed E-state index contributed by atoms with van der Waals surface area (Å²) in [6, 6.07) is 4.90. The highest BCUT2D eigenvalue weighted by atomic mass is 32.2. The molecule has 0 saturated heterocycles. The standard InChI is InChI=1S/C14H21NO3S/c1-5-12-10-9-11-13(19(16,17)18)14(12)15(6-2,7-3)8-4/h5,9-11H,1,6-8H2,2-4H3/p+1. The molecule has 1 aromatic carbocycles. The van der Waals surface area contributed by atoms with Crippen LogP contribution in [0, 0.1) is 0 Å². The minimum absolute atomic E-state index is 0.0181. The van der Waals surface area contributed by atoms with Crippen LogP contribution in [-0.4, -0.2) is 32.6 Å². The summed E-state index contributed by atoms with van der Waals surface area (Å²) in [6.45, 7) is 12.0. The molecule has 0 atom stereocenters. The number of para-hydroxylation sites is 1. The van der Waals surface area contributed by atoms with Crippen molar-refractivity contribution in [1.29, 1.82) is 0 Å². The van der Waals surface area contributed by atoms with Gasteiger partial charge in [-0.25, -0.2) is 0 Å². The van der Waals surface area contributed by atoms with Crippen LogP contribution in [0.25, 0.3) is 6.08 Å². The topological polar surface area (TPSA) is 54.4 Å². The molecule has 0 aliphatic rings. The average Bonchev–Trinajstić information content (AvgIpc) is 2.40. The van der Waals surface area contributed by atoms with Crippen LogP contribution in [0.1, 0.15) is 26.3 Å². The van der Waals surface area contributed by atoms with E-state index < -0.39 is 10.1 Å². The lowest BCUT2D eigenvalue weighted by Crippen LogP contribution is -2.49. The van der Waals surface area contributed by atoms with E-state index in [1.807, 2.05) is 26.8 Å². The van der Waals surface area contributed by atoms with Gasteiger partial charge in [0, 0.05) is 5.56 Å². The Morgan fingerprint density at radius 1 is 1.21 bits per heavy atom. The maximum absolute atomic E-state index is 11.6. The van der Waals surface area contributed by atoms with E-state index >= 15 is 0 Å². The molecule has 106 valence electrons. The highest BCUT2D eigenvalue weighted by Gasteiger charge is 2.33. The molecule has 0 aliphatic heterocycles. The molecule has 19 heavy (non-hydrogen) atoms. The van der Waals surface area contributed by atoms with E-state index in [0.29, 0.717) is 10.2 Å². The molecule has 1 N–H and O–H groups in total. The van der Waals surface area contributed by atoms with Crippen LogP contribution >= 0.6 is 0 Å². The maximum atomic E-state index is 11.6. The number of nitrogens with zero attached hydrogens (tertiary/aromatic N) is 1. The Morgan fingerprint density at radius 3 is 2.11 bits per heavy atom. The summed E-state index contributed by atoms with van der Waals surface area (Å²) in [5.41, 5.74) is 1.38. The Kier molecular flexibility index (Phi) is 4.90. The molecule has 0 radical (unpaired) electrons. The van der Waals surface area contributed by atoms with Gasteiger partial charge in [0.05, 0.1) is 19.6 Å². The first-order valence-corrected chi connectivity index (χ1v) is 7.89. The van der Waals surface area contributed by atoms with Gasteiger partial charge in [-0.2, -0.15) is 8.42 Å². The molecule has 0 amide bonds. The van der Waals surface area contributed by atoms with Crippen LogP contribution < -0.4 is 4.48 Å². The van der Waals surface area contributed by atoms with Crippen LogP contribution in [0.5, 0.6) is 0 Å². The molecule has 5 heteroatoms. The molecule has 0 unspecified atom stereocenters. The normalized spacial score (nSPS) is 12.4. The Labute approximate surface area is 115 Å². The van der Waals surface area contributed by atoms with Gasteiger partial charge in [-0.1, -0.05) is 18.7 Å². The predicted molar refractivity (Wildman–Crippen MR) is 79.8 cm³/mol. The van der Waals surface area contributed by atoms with E-state index in [9.17, 15) is 13.0 Å². The van der Waals surface area contributed by atoms with Crippen molar-refractivity contribution in [3.05, 3.63) is 30.3 Å². The molecular weight excluding hydrogens is 262 g/mol. The average molecular weight is 284 g/mol. The number of hydrogen-bond acceptors (Lipinski definition) is 2. The third kappa shape index (κ3) is 2.88. The minimum atomic E-state index is -4.24. The largest absolute Gasteiger partial charge is 0.300 e. The SMILES string of the molecule is C=Cc1cccc(S(=O)(=O)O)c1[N+](CC)(CC)CC. The maximum Gasteiger partial charge on any atom is 0.300 e. The van der Waals surface area contributed by atoms with E-state index in [1.54, 1.807) is 12.1 Å². The van der Waals surface area contributed by atoms with Crippen molar-refractivity contribution in [2.75, 3.05) is 19.6 Å². The summed E-state index contributed by atoms with van der Waals surface area (Å²) < 4.78 is 33.2. The zero-order valence-corrected chi connectivity index (χ0v) is 12.6. The van der Waals surface area contributed by atoms with Crippen molar-refractivity contribution < 1.29 is 13.0 Å². The van der Waals surface area contributed by atoms with E-state index in [-0.39, 0.29) is 4.90 Å². The smallest absolute Gasteiger partial charge is 0.290 e. The molecule has 0 aromatic heterocycles. The summed E-state index contributed by atoms with van der Waals surface area (Å²) in [5.74, 6) is 0. The quantitative estimate of drug-likeness (QED) is 0.645.